The van der Waals surface area contributed by atoms with Gasteiger partial charge in [-0.15, -0.1) is 11.3 Å². The molecule has 2 heteroatoms. The summed E-state index contributed by atoms with van der Waals surface area (Å²) in [7, 11) is 0. The molecule has 2 rings (SSSR count). The van der Waals surface area contributed by atoms with Gasteiger partial charge in [0.1, 0.15) is 0 Å². The largest absolute Gasteiger partial charge is 0.144 e. The third kappa shape index (κ3) is 3.84. The molecular weight excluding hydrogens is 304 g/mol. The van der Waals surface area contributed by atoms with Crippen LogP contribution in [0.15, 0.2) is 12.1 Å². The number of alkyl halides is 1. The molecule has 1 aliphatic rings. The molecule has 102 valence electrons. The van der Waals surface area contributed by atoms with Gasteiger partial charge in [-0.1, -0.05) is 62.4 Å². The van der Waals surface area contributed by atoms with Crippen LogP contribution in [0.2, 0.25) is 0 Å². The lowest BCUT2D eigenvalue weighted by Gasteiger charge is -2.16. The topological polar surface area (TPSA) is 0 Å². The van der Waals surface area contributed by atoms with E-state index in [9.17, 15) is 0 Å². The predicted octanol–water partition coefficient (Wildman–Crippen LogP) is 6.45. The van der Waals surface area contributed by atoms with Gasteiger partial charge >= 0.3 is 0 Å². The number of halogens is 1. The average molecular weight is 329 g/mol. The van der Waals surface area contributed by atoms with Crippen molar-refractivity contribution in [2.75, 3.05) is 0 Å². The molecule has 0 nitrogen and oxygen atoms in total. The zero-order valence-electron chi connectivity index (χ0n) is 11.8. The van der Waals surface area contributed by atoms with Gasteiger partial charge in [0.15, 0.2) is 0 Å². The van der Waals surface area contributed by atoms with E-state index in [1.165, 1.54) is 48.3 Å². The fourth-order valence-electron chi connectivity index (χ4n) is 2.75. The summed E-state index contributed by atoms with van der Waals surface area (Å²) in [5, 5.41) is 0. The Bertz CT molecular complexity index is 369. The van der Waals surface area contributed by atoms with Crippen molar-refractivity contribution in [2.45, 2.75) is 69.5 Å². The first-order valence-electron chi connectivity index (χ1n) is 7.21. The molecule has 0 bridgehead atoms. The van der Waals surface area contributed by atoms with E-state index < -0.39 is 0 Å². The maximum absolute atomic E-state index is 3.88. The second-order valence-corrected chi connectivity index (χ2v) is 8.87. The van der Waals surface area contributed by atoms with Crippen molar-refractivity contribution in [3.63, 3.8) is 0 Å². The lowest BCUT2D eigenvalue weighted by Crippen LogP contribution is -2.07. The monoisotopic (exact) mass is 328 g/mol. The van der Waals surface area contributed by atoms with Gasteiger partial charge in [-0.2, -0.15) is 0 Å². The Hall–Kier alpha value is 0.180. The van der Waals surface area contributed by atoms with Crippen LogP contribution in [0.25, 0.3) is 0 Å². The lowest BCUT2D eigenvalue weighted by molar-refractivity contribution is 0.484. The van der Waals surface area contributed by atoms with Crippen molar-refractivity contribution in [1.82, 2.24) is 0 Å². The molecule has 0 saturated heterocycles. The Kier molecular flexibility index (Phi) is 4.93. The minimum atomic E-state index is 0.293. The molecule has 1 heterocycles. The molecular formula is C16H25BrS. The smallest absolute Gasteiger partial charge is 0.0489 e. The highest BCUT2D eigenvalue weighted by atomic mass is 79.9. The van der Waals surface area contributed by atoms with E-state index in [4.69, 9.17) is 0 Å². The maximum Gasteiger partial charge on any atom is 0.0489 e. The highest BCUT2D eigenvalue weighted by Gasteiger charge is 2.20. The molecule has 0 spiro atoms. The Balaban J connectivity index is 1.88. The van der Waals surface area contributed by atoms with E-state index in [2.05, 4.69) is 48.8 Å². The number of thiophene rings is 1. The molecule has 0 amide bonds. The van der Waals surface area contributed by atoms with Crippen molar-refractivity contribution in [3.05, 3.63) is 21.9 Å². The van der Waals surface area contributed by atoms with Crippen LogP contribution in [0.4, 0.5) is 0 Å². The molecule has 0 aliphatic heterocycles. The second-order valence-electron chi connectivity index (χ2n) is 6.65. The van der Waals surface area contributed by atoms with Crippen molar-refractivity contribution in [1.29, 1.82) is 0 Å². The SMILES string of the molecule is CC(C)(C)c1ccc(C(Br)CCC2CCCC2)s1. The first kappa shape index (κ1) is 14.6. The van der Waals surface area contributed by atoms with E-state index >= 15 is 0 Å². The predicted molar refractivity (Wildman–Crippen MR) is 85.9 cm³/mol. The first-order chi connectivity index (χ1) is 8.47. The van der Waals surface area contributed by atoms with Crippen molar-refractivity contribution in [2.24, 2.45) is 5.92 Å². The minimum absolute atomic E-state index is 0.293. The Morgan fingerprint density at radius 1 is 1.28 bits per heavy atom. The third-order valence-corrected chi connectivity index (χ3v) is 6.86. The van der Waals surface area contributed by atoms with Crippen LogP contribution in [-0.2, 0) is 5.41 Å². The van der Waals surface area contributed by atoms with Crippen LogP contribution < -0.4 is 0 Å². The normalized spacial score (nSPS) is 19.3. The third-order valence-electron chi connectivity index (χ3n) is 3.98. The summed E-state index contributed by atoms with van der Waals surface area (Å²) in [5.74, 6) is 1.01. The van der Waals surface area contributed by atoms with Crippen LogP contribution in [0.5, 0.6) is 0 Å². The molecule has 1 fully saturated rings. The number of rotatable bonds is 4. The van der Waals surface area contributed by atoms with Gasteiger partial charge < -0.3 is 0 Å². The highest BCUT2D eigenvalue weighted by molar-refractivity contribution is 9.09. The minimum Gasteiger partial charge on any atom is -0.144 e. The van der Waals surface area contributed by atoms with Gasteiger partial charge in [0.2, 0.25) is 0 Å². The van der Waals surface area contributed by atoms with E-state index in [0.717, 1.165) is 5.92 Å². The highest BCUT2D eigenvalue weighted by Crippen LogP contribution is 2.39. The molecule has 1 saturated carbocycles. The van der Waals surface area contributed by atoms with Gasteiger partial charge in [0.05, 0.1) is 0 Å². The molecule has 1 atom stereocenters. The van der Waals surface area contributed by atoms with Gasteiger partial charge in [-0.05, 0) is 36.3 Å². The average Bonchev–Trinajstić information content (AvgIpc) is 2.96. The molecule has 18 heavy (non-hydrogen) atoms. The zero-order chi connectivity index (χ0) is 13.2. The molecule has 0 N–H and O–H groups in total. The number of hydrogen-bond donors (Lipinski definition) is 0. The molecule has 1 aliphatic carbocycles. The van der Waals surface area contributed by atoms with Crippen LogP contribution in [0.3, 0.4) is 0 Å². The standard InChI is InChI=1S/C16H25BrS/c1-16(2,3)15-11-10-14(18-15)13(17)9-8-12-6-4-5-7-12/h10-13H,4-9H2,1-3H3. The quantitative estimate of drug-likeness (QED) is 0.557. The van der Waals surface area contributed by atoms with Crippen LogP contribution in [0.1, 0.15) is 73.9 Å². The summed E-state index contributed by atoms with van der Waals surface area (Å²) in [4.78, 5) is 3.58. The van der Waals surface area contributed by atoms with Gasteiger partial charge in [0.25, 0.3) is 0 Å². The zero-order valence-corrected chi connectivity index (χ0v) is 14.2. The van der Waals surface area contributed by atoms with Crippen molar-refractivity contribution < 1.29 is 0 Å². The van der Waals surface area contributed by atoms with Gasteiger partial charge in [-0.3, -0.25) is 0 Å². The molecule has 0 radical (unpaired) electrons. The molecule has 1 aromatic rings. The Labute approximate surface area is 124 Å². The summed E-state index contributed by atoms with van der Waals surface area (Å²) < 4.78 is 0. The van der Waals surface area contributed by atoms with Crippen LogP contribution in [-0.4, -0.2) is 0 Å². The summed E-state index contributed by atoms with van der Waals surface area (Å²) in [6.45, 7) is 6.89. The van der Waals surface area contributed by atoms with E-state index in [1.54, 1.807) is 0 Å². The van der Waals surface area contributed by atoms with Gasteiger partial charge in [-0.25, -0.2) is 0 Å². The second kappa shape index (κ2) is 6.09. The van der Waals surface area contributed by atoms with Crippen LogP contribution in [0, 0.1) is 5.92 Å². The fourth-order valence-corrected chi connectivity index (χ4v) is 4.52. The Morgan fingerprint density at radius 2 is 1.94 bits per heavy atom. The Morgan fingerprint density at radius 3 is 2.50 bits per heavy atom. The summed E-state index contributed by atoms with van der Waals surface area (Å²) in [6, 6.07) is 4.63. The fraction of sp³-hybridized carbons (Fsp3) is 0.750. The van der Waals surface area contributed by atoms with E-state index in [1.807, 2.05) is 11.3 Å². The van der Waals surface area contributed by atoms with Crippen molar-refractivity contribution >= 4 is 27.3 Å². The maximum atomic E-state index is 3.88. The summed E-state index contributed by atoms with van der Waals surface area (Å²) in [5.41, 5.74) is 0.293. The van der Waals surface area contributed by atoms with Gasteiger partial charge in [0, 0.05) is 14.6 Å². The van der Waals surface area contributed by atoms with Crippen molar-refractivity contribution in [3.8, 4) is 0 Å². The first-order valence-corrected chi connectivity index (χ1v) is 8.94. The summed E-state index contributed by atoms with van der Waals surface area (Å²) >= 11 is 5.87. The van der Waals surface area contributed by atoms with E-state index in [0.29, 0.717) is 10.2 Å². The molecule has 1 unspecified atom stereocenters. The summed E-state index contributed by atoms with van der Waals surface area (Å²) in [6.07, 6.45) is 8.57. The molecule has 1 aromatic heterocycles. The number of hydrogen-bond acceptors (Lipinski definition) is 1. The van der Waals surface area contributed by atoms with Crippen LogP contribution >= 0.6 is 27.3 Å². The molecule has 0 aromatic carbocycles. The lowest BCUT2D eigenvalue weighted by atomic mass is 9.95. The van der Waals surface area contributed by atoms with E-state index in [-0.39, 0.29) is 0 Å².